The summed E-state index contributed by atoms with van der Waals surface area (Å²) in [6.45, 7) is 0.0894. The van der Waals surface area contributed by atoms with Gasteiger partial charge in [-0.1, -0.05) is 6.07 Å². The van der Waals surface area contributed by atoms with Crippen LogP contribution < -0.4 is 0 Å². The normalized spacial score (nSPS) is 17.2. The minimum atomic E-state index is -0.841. The van der Waals surface area contributed by atoms with Gasteiger partial charge in [-0.15, -0.1) is 0 Å². The van der Waals surface area contributed by atoms with Crippen molar-refractivity contribution in [3.63, 3.8) is 0 Å². The molecular formula is C19H14N2O5. The first-order chi connectivity index (χ1) is 12.7. The lowest BCUT2D eigenvalue weighted by Gasteiger charge is -2.24. The quantitative estimate of drug-likeness (QED) is 0.711. The zero-order chi connectivity index (χ0) is 18.1. The number of furan rings is 2. The number of carbonyl (C=O) groups is 2. The largest absolute Gasteiger partial charge is 0.503 e. The Hall–Kier alpha value is -3.61. The summed E-state index contributed by atoms with van der Waals surface area (Å²) < 4.78 is 10.5. The fraction of sp³-hybridized carbons (Fsp3) is 0.105. The van der Waals surface area contributed by atoms with Crippen LogP contribution in [0.15, 0.2) is 81.4 Å². The van der Waals surface area contributed by atoms with Crippen LogP contribution in [0.5, 0.6) is 0 Å². The molecule has 0 aliphatic carbocycles. The number of hydrogen-bond acceptors (Lipinski definition) is 6. The lowest BCUT2D eigenvalue weighted by molar-refractivity contribution is -0.130. The van der Waals surface area contributed by atoms with Gasteiger partial charge in [-0.05, 0) is 36.4 Å². The summed E-state index contributed by atoms with van der Waals surface area (Å²) in [6.07, 6.45) is 4.42. The molecule has 4 heterocycles. The number of aliphatic hydroxyl groups is 1. The van der Waals surface area contributed by atoms with Gasteiger partial charge in [0.2, 0.25) is 5.78 Å². The highest BCUT2D eigenvalue weighted by Gasteiger charge is 2.45. The highest BCUT2D eigenvalue weighted by Crippen LogP contribution is 2.39. The molecule has 26 heavy (non-hydrogen) atoms. The van der Waals surface area contributed by atoms with Gasteiger partial charge in [0, 0.05) is 6.20 Å². The second-order valence-corrected chi connectivity index (χ2v) is 5.74. The number of aromatic nitrogens is 1. The van der Waals surface area contributed by atoms with E-state index in [4.69, 9.17) is 8.83 Å². The van der Waals surface area contributed by atoms with E-state index in [-0.39, 0.29) is 17.9 Å². The van der Waals surface area contributed by atoms with Gasteiger partial charge in [0.1, 0.15) is 11.8 Å². The van der Waals surface area contributed by atoms with Gasteiger partial charge in [-0.3, -0.25) is 14.6 Å². The van der Waals surface area contributed by atoms with Gasteiger partial charge in [0.15, 0.2) is 11.5 Å². The van der Waals surface area contributed by atoms with Crippen LogP contribution in [0.3, 0.4) is 0 Å². The number of carbonyl (C=O) groups excluding carboxylic acids is 2. The Morgan fingerprint density at radius 3 is 2.58 bits per heavy atom. The third-order valence-corrected chi connectivity index (χ3v) is 4.17. The third kappa shape index (κ3) is 2.59. The summed E-state index contributed by atoms with van der Waals surface area (Å²) in [5, 5.41) is 10.4. The third-order valence-electron chi connectivity index (χ3n) is 4.17. The van der Waals surface area contributed by atoms with Gasteiger partial charge in [0.05, 0.1) is 30.3 Å². The van der Waals surface area contributed by atoms with Crippen LogP contribution in [0.25, 0.3) is 0 Å². The van der Waals surface area contributed by atoms with E-state index in [9.17, 15) is 14.7 Å². The first-order valence-electron chi connectivity index (χ1n) is 7.92. The number of rotatable bonds is 5. The van der Waals surface area contributed by atoms with E-state index in [1.165, 1.54) is 23.5 Å². The fourth-order valence-electron chi connectivity index (χ4n) is 3.00. The Morgan fingerprint density at radius 2 is 1.92 bits per heavy atom. The zero-order valence-corrected chi connectivity index (χ0v) is 13.5. The average molecular weight is 350 g/mol. The van der Waals surface area contributed by atoms with Gasteiger partial charge in [0.25, 0.3) is 5.91 Å². The van der Waals surface area contributed by atoms with E-state index in [2.05, 4.69) is 4.98 Å². The second kappa shape index (κ2) is 6.36. The molecule has 0 saturated carbocycles. The van der Waals surface area contributed by atoms with E-state index in [0.29, 0.717) is 11.5 Å². The van der Waals surface area contributed by atoms with Crippen molar-refractivity contribution in [3.05, 3.63) is 89.7 Å². The van der Waals surface area contributed by atoms with E-state index in [1.807, 2.05) is 0 Å². The van der Waals surface area contributed by atoms with Crippen LogP contribution in [0.1, 0.15) is 28.1 Å². The molecule has 0 spiro atoms. The van der Waals surface area contributed by atoms with Gasteiger partial charge >= 0.3 is 0 Å². The molecule has 0 radical (unpaired) electrons. The monoisotopic (exact) mass is 350 g/mol. The van der Waals surface area contributed by atoms with E-state index < -0.39 is 23.5 Å². The predicted molar refractivity (Wildman–Crippen MR) is 88.9 cm³/mol. The molecule has 1 N–H and O–H groups in total. The summed E-state index contributed by atoms with van der Waals surface area (Å²) in [7, 11) is 0. The molecule has 0 fully saturated rings. The average Bonchev–Trinajstić information content (AvgIpc) is 3.40. The van der Waals surface area contributed by atoms with Crippen LogP contribution in [0, 0.1) is 0 Å². The van der Waals surface area contributed by atoms with Crippen LogP contribution >= 0.6 is 0 Å². The van der Waals surface area contributed by atoms with Crippen molar-refractivity contribution in [1.82, 2.24) is 9.88 Å². The Morgan fingerprint density at radius 1 is 1.12 bits per heavy atom. The van der Waals surface area contributed by atoms with Crippen LogP contribution in [-0.4, -0.2) is 26.7 Å². The number of hydrogen-bond donors (Lipinski definition) is 1. The molecule has 0 saturated heterocycles. The summed E-state index contributed by atoms with van der Waals surface area (Å²) in [4.78, 5) is 31.1. The summed E-state index contributed by atoms with van der Waals surface area (Å²) >= 11 is 0. The van der Waals surface area contributed by atoms with Crippen LogP contribution in [0.2, 0.25) is 0 Å². The molecule has 1 unspecified atom stereocenters. The lowest BCUT2D eigenvalue weighted by Crippen LogP contribution is -2.31. The molecule has 1 atom stereocenters. The molecule has 3 aromatic heterocycles. The number of amides is 1. The Balaban J connectivity index is 1.80. The Labute approximate surface area is 148 Å². The molecule has 0 aromatic carbocycles. The maximum Gasteiger partial charge on any atom is 0.290 e. The first kappa shape index (κ1) is 15.9. The molecule has 7 nitrogen and oxygen atoms in total. The zero-order valence-electron chi connectivity index (χ0n) is 13.5. The fourth-order valence-corrected chi connectivity index (χ4v) is 3.00. The molecule has 130 valence electrons. The van der Waals surface area contributed by atoms with Crippen molar-refractivity contribution >= 4 is 11.7 Å². The van der Waals surface area contributed by atoms with Crippen molar-refractivity contribution in [1.29, 1.82) is 0 Å². The standard InChI is InChI=1S/C19H14N2O5/c22-17(14-7-4-10-26-14)15-16(13-6-1-2-8-20-13)21(19(24)18(15)23)11-12-5-3-9-25-12/h1-10,16,23H,11H2. The topological polar surface area (TPSA) is 96.8 Å². The molecule has 0 bridgehead atoms. The summed E-state index contributed by atoms with van der Waals surface area (Å²) in [5.41, 5.74) is 0.404. The highest BCUT2D eigenvalue weighted by atomic mass is 16.3. The van der Waals surface area contributed by atoms with E-state index in [0.717, 1.165) is 0 Å². The minimum absolute atomic E-state index is 0.0418. The number of aliphatic hydroxyl groups excluding tert-OH is 1. The van der Waals surface area contributed by atoms with E-state index in [1.54, 1.807) is 42.6 Å². The molecule has 4 rings (SSSR count). The number of nitrogens with zero attached hydrogens (tertiary/aromatic N) is 2. The van der Waals surface area contributed by atoms with Crippen LogP contribution in [0.4, 0.5) is 0 Å². The van der Waals surface area contributed by atoms with Crippen molar-refractivity contribution in [2.45, 2.75) is 12.6 Å². The second-order valence-electron chi connectivity index (χ2n) is 5.74. The van der Waals surface area contributed by atoms with Crippen molar-refractivity contribution in [3.8, 4) is 0 Å². The van der Waals surface area contributed by atoms with Crippen molar-refractivity contribution < 1.29 is 23.5 Å². The Bertz CT molecular complexity index is 959. The predicted octanol–water partition coefficient (Wildman–Crippen LogP) is 3.05. The molecule has 3 aromatic rings. The maximum absolute atomic E-state index is 12.9. The molecule has 1 aliphatic heterocycles. The summed E-state index contributed by atoms with van der Waals surface area (Å²) in [6, 6.07) is 10.8. The molecule has 7 heteroatoms. The van der Waals surface area contributed by atoms with Gasteiger partial charge in [-0.2, -0.15) is 0 Å². The van der Waals surface area contributed by atoms with Crippen LogP contribution in [-0.2, 0) is 11.3 Å². The smallest absolute Gasteiger partial charge is 0.290 e. The van der Waals surface area contributed by atoms with Gasteiger partial charge in [-0.25, -0.2) is 0 Å². The minimum Gasteiger partial charge on any atom is -0.503 e. The number of Topliss-reactive ketones (excluding diaryl/α,β-unsaturated/α-hetero) is 1. The molecule has 1 amide bonds. The number of ketones is 1. The Kier molecular flexibility index (Phi) is 3.89. The maximum atomic E-state index is 12.9. The van der Waals surface area contributed by atoms with Gasteiger partial charge < -0.3 is 18.8 Å². The number of pyridine rings is 1. The highest BCUT2D eigenvalue weighted by molar-refractivity contribution is 6.14. The van der Waals surface area contributed by atoms with Crippen molar-refractivity contribution in [2.75, 3.05) is 0 Å². The van der Waals surface area contributed by atoms with Crippen molar-refractivity contribution in [2.24, 2.45) is 0 Å². The SMILES string of the molecule is O=C(C1=C(O)C(=O)N(Cc2ccco2)C1c1ccccn1)c1ccco1. The molecular weight excluding hydrogens is 336 g/mol. The first-order valence-corrected chi connectivity index (χ1v) is 7.92. The molecule has 1 aliphatic rings. The lowest BCUT2D eigenvalue weighted by atomic mass is 9.98. The van der Waals surface area contributed by atoms with E-state index >= 15 is 0 Å². The summed E-state index contributed by atoms with van der Waals surface area (Å²) in [5.74, 6) is -1.25.